The molecular weight excluding hydrogens is 252 g/mol. The molecule has 0 saturated carbocycles. The number of aliphatic carboxylic acids is 1. The summed E-state index contributed by atoms with van der Waals surface area (Å²) in [5.74, 6) is -1.07. The molecule has 19 heavy (non-hydrogen) atoms. The van der Waals surface area contributed by atoms with Gasteiger partial charge in [-0.3, -0.25) is 0 Å². The third kappa shape index (κ3) is 2.98. The van der Waals surface area contributed by atoms with Crippen LogP contribution in [0.15, 0.2) is 0 Å². The van der Waals surface area contributed by atoms with Crippen molar-refractivity contribution in [2.75, 3.05) is 19.6 Å². The van der Waals surface area contributed by atoms with Crippen LogP contribution in [0.3, 0.4) is 0 Å². The molecular formula is C12H20N2O5. The molecule has 0 aromatic rings. The standard InChI is InChI=1S/C12H20N2O5/c1-7-4-13(5-8(2)19-7)12(18)14-6-9(15)3-10(14)11(16)17/h7-10,15H,3-6H2,1-2H3,(H,16,17)/t7?,8?,9-,10-/m0/s1. The van der Waals surface area contributed by atoms with Gasteiger partial charge in [0, 0.05) is 26.1 Å². The Bertz CT molecular complexity index is 365. The second-order valence-corrected chi connectivity index (χ2v) is 5.34. The molecule has 0 spiro atoms. The van der Waals surface area contributed by atoms with Crippen molar-refractivity contribution in [3.63, 3.8) is 0 Å². The van der Waals surface area contributed by atoms with Crippen molar-refractivity contribution in [3.8, 4) is 0 Å². The van der Waals surface area contributed by atoms with E-state index in [1.54, 1.807) is 4.90 Å². The third-order valence-corrected chi connectivity index (χ3v) is 3.50. The predicted molar refractivity (Wildman–Crippen MR) is 65.7 cm³/mol. The van der Waals surface area contributed by atoms with Gasteiger partial charge >= 0.3 is 12.0 Å². The molecule has 2 N–H and O–H groups in total. The Kier molecular flexibility index (Phi) is 3.96. The second-order valence-electron chi connectivity index (χ2n) is 5.34. The number of carboxylic acid groups (broad SMARTS) is 1. The van der Waals surface area contributed by atoms with Crippen LogP contribution in [0.5, 0.6) is 0 Å². The van der Waals surface area contributed by atoms with Crippen molar-refractivity contribution >= 4 is 12.0 Å². The summed E-state index contributed by atoms with van der Waals surface area (Å²) < 4.78 is 5.55. The molecule has 2 saturated heterocycles. The van der Waals surface area contributed by atoms with E-state index in [1.165, 1.54) is 4.90 Å². The quantitative estimate of drug-likeness (QED) is 0.686. The molecule has 2 rings (SSSR count). The predicted octanol–water partition coefficient (Wildman–Crippen LogP) is -0.265. The van der Waals surface area contributed by atoms with Gasteiger partial charge in [0.05, 0.1) is 18.3 Å². The molecule has 2 aliphatic rings. The zero-order valence-corrected chi connectivity index (χ0v) is 11.2. The summed E-state index contributed by atoms with van der Waals surface area (Å²) in [5.41, 5.74) is 0. The number of likely N-dealkylation sites (tertiary alicyclic amines) is 1. The van der Waals surface area contributed by atoms with Crippen molar-refractivity contribution < 1.29 is 24.5 Å². The number of hydrogen-bond acceptors (Lipinski definition) is 4. The summed E-state index contributed by atoms with van der Waals surface area (Å²) in [5, 5.41) is 18.7. The molecule has 7 nitrogen and oxygen atoms in total. The molecule has 0 aliphatic carbocycles. The first kappa shape index (κ1) is 14.1. The van der Waals surface area contributed by atoms with Gasteiger partial charge in [0.1, 0.15) is 6.04 Å². The highest BCUT2D eigenvalue weighted by molar-refractivity contribution is 5.83. The van der Waals surface area contributed by atoms with Crippen molar-refractivity contribution in [1.29, 1.82) is 0 Å². The Morgan fingerprint density at radius 2 is 1.74 bits per heavy atom. The van der Waals surface area contributed by atoms with E-state index in [-0.39, 0.29) is 31.2 Å². The Balaban J connectivity index is 2.07. The van der Waals surface area contributed by atoms with Crippen molar-refractivity contribution in [2.24, 2.45) is 0 Å². The van der Waals surface area contributed by atoms with Crippen LogP contribution < -0.4 is 0 Å². The molecule has 2 heterocycles. The highest BCUT2D eigenvalue weighted by Gasteiger charge is 2.41. The number of rotatable bonds is 1. The molecule has 4 atom stereocenters. The second kappa shape index (κ2) is 5.34. The number of ether oxygens (including phenoxy) is 1. The summed E-state index contributed by atoms with van der Waals surface area (Å²) in [6.45, 7) is 4.73. The van der Waals surface area contributed by atoms with Crippen LogP contribution in [-0.2, 0) is 9.53 Å². The fraction of sp³-hybridized carbons (Fsp3) is 0.833. The number of aliphatic hydroxyl groups excluding tert-OH is 1. The van der Waals surface area contributed by atoms with Gasteiger partial charge in [0.25, 0.3) is 0 Å². The maximum absolute atomic E-state index is 12.4. The zero-order valence-electron chi connectivity index (χ0n) is 11.2. The number of β-amino-alcohol motifs (C(OH)–C–C–N with tert-alkyl or cyclic N) is 1. The first-order chi connectivity index (χ1) is 8.88. The van der Waals surface area contributed by atoms with Crippen LogP contribution in [0, 0.1) is 0 Å². The number of aliphatic hydroxyl groups is 1. The fourth-order valence-corrected chi connectivity index (χ4v) is 2.78. The lowest BCUT2D eigenvalue weighted by Gasteiger charge is -2.38. The van der Waals surface area contributed by atoms with Gasteiger partial charge in [-0.2, -0.15) is 0 Å². The molecule has 2 fully saturated rings. The van der Waals surface area contributed by atoms with Crippen LogP contribution in [0.2, 0.25) is 0 Å². The Labute approximate surface area is 111 Å². The number of urea groups is 1. The topological polar surface area (TPSA) is 90.3 Å². The summed E-state index contributed by atoms with van der Waals surface area (Å²) in [6, 6.07) is -1.26. The van der Waals surface area contributed by atoms with E-state index in [0.29, 0.717) is 13.1 Å². The van der Waals surface area contributed by atoms with E-state index in [2.05, 4.69) is 0 Å². The van der Waals surface area contributed by atoms with Crippen LogP contribution in [0.1, 0.15) is 20.3 Å². The largest absolute Gasteiger partial charge is 0.480 e. The number of carbonyl (C=O) groups excluding carboxylic acids is 1. The van der Waals surface area contributed by atoms with Gasteiger partial charge in [0.2, 0.25) is 0 Å². The SMILES string of the molecule is CC1CN(C(=O)N2C[C@@H](O)C[C@H]2C(=O)O)CC(C)O1. The number of carbonyl (C=O) groups is 2. The van der Waals surface area contributed by atoms with E-state index >= 15 is 0 Å². The lowest BCUT2D eigenvalue weighted by molar-refractivity contribution is -0.141. The fourth-order valence-electron chi connectivity index (χ4n) is 2.78. The number of nitrogens with zero attached hydrogens (tertiary/aromatic N) is 2. The number of amides is 2. The first-order valence-electron chi connectivity index (χ1n) is 6.50. The molecule has 0 aromatic carbocycles. The smallest absolute Gasteiger partial charge is 0.326 e. The van der Waals surface area contributed by atoms with E-state index in [4.69, 9.17) is 9.84 Å². The average molecular weight is 272 g/mol. The van der Waals surface area contributed by atoms with Gasteiger partial charge in [-0.1, -0.05) is 0 Å². The number of morpholine rings is 1. The van der Waals surface area contributed by atoms with Crippen molar-refractivity contribution in [2.45, 2.75) is 44.6 Å². The van der Waals surface area contributed by atoms with Gasteiger partial charge < -0.3 is 24.7 Å². The van der Waals surface area contributed by atoms with Gasteiger partial charge in [-0.15, -0.1) is 0 Å². The Hall–Kier alpha value is -1.34. The summed E-state index contributed by atoms with van der Waals surface area (Å²) >= 11 is 0. The zero-order chi connectivity index (χ0) is 14.2. The summed E-state index contributed by atoms with van der Waals surface area (Å²) in [4.78, 5) is 26.4. The minimum Gasteiger partial charge on any atom is -0.480 e. The molecule has 2 unspecified atom stereocenters. The lowest BCUT2D eigenvalue weighted by Crippen LogP contribution is -2.54. The minimum absolute atomic E-state index is 0.0662. The van der Waals surface area contributed by atoms with Crippen LogP contribution in [0.4, 0.5) is 4.79 Å². The number of hydrogen-bond donors (Lipinski definition) is 2. The van der Waals surface area contributed by atoms with Crippen LogP contribution in [0.25, 0.3) is 0 Å². The van der Waals surface area contributed by atoms with Crippen LogP contribution in [-0.4, -0.2) is 76.0 Å². The molecule has 108 valence electrons. The molecule has 2 amide bonds. The minimum atomic E-state index is -1.07. The average Bonchev–Trinajstić information content (AvgIpc) is 2.69. The number of carboxylic acids is 1. The highest BCUT2D eigenvalue weighted by atomic mass is 16.5. The third-order valence-electron chi connectivity index (χ3n) is 3.50. The monoisotopic (exact) mass is 272 g/mol. The summed E-state index contributed by atoms with van der Waals surface area (Å²) in [6.07, 6.45) is -0.802. The Morgan fingerprint density at radius 3 is 2.26 bits per heavy atom. The van der Waals surface area contributed by atoms with Gasteiger partial charge in [-0.05, 0) is 13.8 Å². The maximum atomic E-state index is 12.4. The molecule has 0 aromatic heterocycles. The van der Waals surface area contributed by atoms with Crippen molar-refractivity contribution in [1.82, 2.24) is 9.80 Å². The van der Waals surface area contributed by atoms with E-state index in [9.17, 15) is 14.7 Å². The lowest BCUT2D eigenvalue weighted by atomic mass is 10.2. The first-order valence-corrected chi connectivity index (χ1v) is 6.50. The highest BCUT2D eigenvalue weighted by Crippen LogP contribution is 2.22. The van der Waals surface area contributed by atoms with E-state index < -0.39 is 18.1 Å². The molecule has 0 radical (unpaired) electrons. The normalized spacial score (nSPS) is 35.5. The summed E-state index contributed by atoms with van der Waals surface area (Å²) in [7, 11) is 0. The van der Waals surface area contributed by atoms with Crippen molar-refractivity contribution in [3.05, 3.63) is 0 Å². The molecule has 7 heteroatoms. The van der Waals surface area contributed by atoms with E-state index in [0.717, 1.165) is 0 Å². The molecule has 2 aliphatic heterocycles. The Morgan fingerprint density at radius 1 is 1.16 bits per heavy atom. The van der Waals surface area contributed by atoms with Gasteiger partial charge in [0.15, 0.2) is 0 Å². The van der Waals surface area contributed by atoms with Gasteiger partial charge in [-0.25, -0.2) is 9.59 Å². The maximum Gasteiger partial charge on any atom is 0.326 e. The molecule has 0 bridgehead atoms. The van der Waals surface area contributed by atoms with Crippen LogP contribution >= 0.6 is 0 Å². The van der Waals surface area contributed by atoms with E-state index in [1.807, 2.05) is 13.8 Å².